The van der Waals surface area contributed by atoms with Gasteiger partial charge in [0.25, 0.3) is 11.4 Å². The van der Waals surface area contributed by atoms with Crippen LogP contribution in [0, 0.1) is 54.2 Å². The number of nitrogens with zero attached hydrogens (tertiary/aromatic N) is 4. The van der Waals surface area contributed by atoms with Gasteiger partial charge in [-0.15, -0.1) is 0 Å². The van der Waals surface area contributed by atoms with Gasteiger partial charge >= 0.3 is 0 Å². The number of non-ortho nitro benzene ring substituents is 2. The minimum Gasteiger partial charge on any atom is -0.384 e. The first kappa shape index (κ1) is 28.8. The topological polar surface area (TPSA) is 171 Å². The predicted molar refractivity (Wildman–Crippen MR) is 155 cm³/mol. The Morgan fingerprint density at radius 1 is 0.767 bits per heavy atom. The van der Waals surface area contributed by atoms with Crippen molar-refractivity contribution in [1.29, 1.82) is 10.5 Å². The van der Waals surface area contributed by atoms with Crippen LogP contribution in [0.1, 0.15) is 45.3 Å². The fourth-order valence-corrected chi connectivity index (χ4v) is 6.37. The van der Waals surface area contributed by atoms with Crippen LogP contribution in [0.3, 0.4) is 0 Å². The maximum absolute atomic E-state index is 14.5. The molecule has 1 fully saturated rings. The summed E-state index contributed by atoms with van der Waals surface area (Å²) < 4.78 is 0. The molecule has 0 aliphatic heterocycles. The Morgan fingerprint density at radius 2 is 1.28 bits per heavy atom. The molecule has 0 amide bonds. The highest BCUT2D eigenvalue weighted by Gasteiger charge is 2.64. The number of hydrogen-bond donors (Lipinski definition) is 1. The van der Waals surface area contributed by atoms with E-state index in [9.17, 15) is 40.7 Å². The van der Waals surface area contributed by atoms with Gasteiger partial charge in [0.15, 0.2) is 11.2 Å². The Morgan fingerprint density at radius 3 is 1.81 bits per heavy atom. The van der Waals surface area contributed by atoms with Crippen LogP contribution >= 0.6 is 0 Å². The van der Waals surface area contributed by atoms with Gasteiger partial charge < -0.3 is 5.11 Å². The Labute approximate surface area is 246 Å². The van der Waals surface area contributed by atoms with Crippen LogP contribution in [0.5, 0.6) is 0 Å². The van der Waals surface area contributed by atoms with Crippen LogP contribution in [0.25, 0.3) is 0 Å². The highest BCUT2D eigenvalue weighted by atomic mass is 16.6. The summed E-state index contributed by atoms with van der Waals surface area (Å²) in [6, 6.07) is 31.6. The Bertz CT molecular complexity index is 1780. The van der Waals surface area contributed by atoms with Gasteiger partial charge in [0.2, 0.25) is 0 Å². The standard InChI is InChI=1S/C33H24N4O6/c34-20-32(21-35)28(23-11-7-15-26(17-23)36(40)41)19-33(39,25-13-5-2-6-14-25)30(31(38)22-9-3-1-4-10-22)29(32)24-12-8-16-27(18-24)37(42)43/h1-18,28-30,39H,19H2/t28-,29-,30+,33-/m0/s1. The lowest BCUT2D eigenvalue weighted by molar-refractivity contribution is -0.385. The van der Waals surface area contributed by atoms with E-state index < -0.39 is 44.4 Å². The number of carbonyl (C=O) groups is 1. The Hall–Kier alpha value is -5.71. The fraction of sp³-hybridized carbons (Fsp3) is 0.182. The average Bonchev–Trinajstić information content (AvgIpc) is 3.05. The van der Waals surface area contributed by atoms with Crippen molar-refractivity contribution in [2.45, 2.75) is 23.9 Å². The van der Waals surface area contributed by atoms with Gasteiger partial charge in [0.1, 0.15) is 5.60 Å². The fourth-order valence-electron chi connectivity index (χ4n) is 6.37. The van der Waals surface area contributed by atoms with Crippen LogP contribution in [0.4, 0.5) is 11.4 Å². The molecule has 212 valence electrons. The molecule has 10 heteroatoms. The molecule has 4 aromatic carbocycles. The number of hydrogen-bond acceptors (Lipinski definition) is 8. The van der Waals surface area contributed by atoms with E-state index >= 15 is 0 Å². The number of benzene rings is 4. The smallest absolute Gasteiger partial charge is 0.269 e. The first-order valence-corrected chi connectivity index (χ1v) is 13.3. The summed E-state index contributed by atoms with van der Waals surface area (Å²) >= 11 is 0. The Balaban J connectivity index is 1.88. The van der Waals surface area contributed by atoms with Crippen molar-refractivity contribution < 1.29 is 19.7 Å². The van der Waals surface area contributed by atoms with Crippen LogP contribution in [-0.2, 0) is 5.60 Å². The molecule has 0 unspecified atom stereocenters. The second kappa shape index (κ2) is 11.3. The van der Waals surface area contributed by atoms with Crippen molar-refractivity contribution in [3.8, 4) is 12.1 Å². The van der Waals surface area contributed by atoms with Crippen molar-refractivity contribution in [3.63, 3.8) is 0 Å². The van der Waals surface area contributed by atoms with E-state index in [1.807, 2.05) is 0 Å². The van der Waals surface area contributed by atoms with Gasteiger partial charge in [0.05, 0.1) is 27.9 Å². The monoisotopic (exact) mass is 572 g/mol. The van der Waals surface area contributed by atoms with Crippen LogP contribution in [0.2, 0.25) is 0 Å². The van der Waals surface area contributed by atoms with Crippen LogP contribution in [0.15, 0.2) is 109 Å². The van der Waals surface area contributed by atoms with Gasteiger partial charge in [-0.05, 0) is 23.1 Å². The molecule has 5 rings (SSSR count). The third-order valence-electron chi connectivity index (χ3n) is 8.31. The lowest BCUT2D eigenvalue weighted by Gasteiger charge is -2.53. The van der Waals surface area contributed by atoms with Crippen molar-refractivity contribution >= 4 is 17.2 Å². The van der Waals surface area contributed by atoms with Gasteiger partial charge in [-0.2, -0.15) is 10.5 Å². The third-order valence-corrected chi connectivity index (χ3v) is 8.31. The lowest BCUT2D eigenvalue weighted by atomic mass is 9.48. The zero-order valence-corrected chi connectivity index (χ0v) is 22.6. The van der Waals surface area contributed by atoms with E-state index in [1.54, 1.807) is 60.7 Å². The summed E-state index contributed by atoms with van der Waals surface area (Å²) in [5.74, 6) is -4.54. The molecule has 0 radical (unpaired) electrons. The van der Waals surface area contributed by atoms with Gasteiger partial charge in [-0.25, -0.2) is 0 Å². The predicted octanol–water partition coefficient (Wildman–Crippen LogP) is 6.19. The normalized spacial score (nSPS) is 22.4. The average molecular weight is 573 g/mol. The van der Waals surface area contributed by atoms with Crippen LogP contribution < -0.4 is 0 Å². The number of nitriles is 2. The number of nitro groups is 2. The number of rotatable bonds is 7. The van der Waals surface area contributed by atoms with Gasteiger partial charge in [0, 0.05) is 41.7 Å². The second-order valence-corrected chi connectivity index (χ2v) is 10.5. The summed E-state index contributed by atoms with van der Waals surface area (Å²) in [6.45, 7) is 0. The molecule has 0 aromatic heterocycles. The minimum atomic E-state index is -2.08. The number of carbonyl (C=O) groups excluding carboxylic acids is 1. The Kier molecular flexibility index (Phi) is 7.56. The highest BCUT2D eigenvalue weighted by Crippen LogP contribution is 2.63. The van der Waals surface area contributed by atoms with E-state index in [1.165, 1.54) is 48.5 Å². The summed E-state index contributed by atoms with van der Waals surface area (Å²) in [4.78, 5) is 36.8. The summed E-state index contributed by atoms with van der Waals surface area (Å²) in [7, 11) is 0. The molecule has 43 heavy (non-hydrogen) atoms. The molecule has 1 saturated carbocycles. The molecule has 1 aliphatic rings. The molecule has 4 atom stereocenters. The van der Waals surface area contributed by atoms with E-state index in [2.05, 4.69) is 12.1 Å². The van der Waals surface area contributed by atoms with Crippen molar-refractivity contribution in [2.75, 3.05) is 0 Å². The van der Waals surface area contributed by atoms with E-state index in [0.29, 0.717) is 5.56 Å². The first-order valence-electron chi connectivity index (χ1n) is 13.3. The summed E-state index contributed by atoms with van der Waals surface area (Å²) in [6.07, 6.45) is -0.312. The van der Waals surface area contributed by atoms with Gasteiger partial charge in [-0.1, -0.05) is 84.9 Å². The first-order chi connectivity index (χ1) is 20.7. The molecular weight excluding hydrogens is 548 g/mol. The van der Waals surface area contributed by atoms with E-state index in [4.69, 9.17) is 0 Å². The molecule has 1 N–H and O–H groups in total. The molecule has 10 nitrogen and oxygen atoms in total. The zero-order chi connectivity index (χ0) is 30.8. The SMILES string of the molecule is N#CC1(C#N)[C@H](c2cccc([N+](=O)[O-])c2)C[C@](O)(c2ccccc2)[C@@H](C(=O)c2ccccc2)[C@@H]1c1cccc([N+](=O)[O-])c1. The second-order valence-electron chi connectivity index (χ2n) is 10.5. The van der Waals surface area contributed by atoms with Crippen molar-refractivity contribution in [3.05, 3.63) is 152 Å². The zero-order valence-electron chi connectivity index (χ0n) is 22.6. The molecule has 0 saturated heterocycles. The molecular formula is C33H24N4O6. The van der Waals surface area contributed by atoms with Crippen molar-refractivity contribution in [1.82, 2.24) is 0 Å². The number of nitro benzene ring substituents is 2. The summed E-state index contributed by atoms with van der Waals surface area (Å²) in [5, 5.41) is 57.9. The van der Waals surface area contributed by atoms with Gasteiger partial charge in [-0.3, -0.25) is 25.0 Å². The van der Waals surface area contributed by atoms with E-state index in [0.717, 1.165) is 0 Å². The highest BCUT2D eigenvalue weighted by molar-refractivity contribution is 5.99. The summed E-state index contributed by atoms with van der Waals surface area (Å²) in [5.41, 5.74) is -3.76. The quantitative estimate of drug-likeness (QED) is 0.155. The molecule has 0 bridgehead atoms. The lowest BCUT2D eigenvalue weighted by Crippen LogP contribution is -2.55. The largest absolute Gasteiger partial charge is 0.384 e. The third kappa shape index (κ3) is 4.90. The van der Waals surface area contributed by atoms with Crippen LogP contribution in [-0.4, -0.2) is 20.7 Å². The molecule has 0 spiro atoms. The maximum atomic E-state index is 14.5. The molecule has 4 aromatic rings. The number of ketones is 1. The molecule has 0 heterocycles. The maximum Gasteiger partial charge on any atom is 0.269 e. The van der Waals surface area contributed by atoms with Crippen molar-refractivity contribution in [2.24, 2.45) is 11.3 Å². The van der Waals surface area contributed by atoms with E-state index in [-0.39, 0.29) is 34.5 Å². The number of aliphatic hydroxyl groups is 1. The number of Topliss-reactive ketones (excluding diaryl/α,β-unsaturated/α-hetero) is 1. The molecule has 1 aliphatic carbocycles. The minimum absolute atomic E-state index is 0.135.